The summed E-state index contributed by atoms with van der Waals surface area (Å²) in [6.07, 6.45) is 0.347. The third-order valence-electron chi connectivity index (χ3n) is 2.17. The summed E-state index contributed by atoms with van der Waals surface area (Å²) >= 11 is 0. The van der Waals surface area contributed by atoms with E-state index in [0.29, 0.717) is 0 Å². The highest BCUT2D eigenvalue weighted by Gasteiger charge is 2.32. The standard InChI is InChI=1S/C10H17F2N/c1-4-8(2)5-10(11,12)6-9(3)7-13/h8-9H,4-6H2,1-3H3. The molecule has 0 aliphatic heterocycles. The van der Waals surface area contributed by atoms with E-state index in [1.807, 2.05) is 19.9 Å². The average Bonchev–Trinajstić information content (AvgIpc) is 2.02. The van der Waals surface area contributed by atoms with Crippen molar-refractivity contribution >= 4 is 0 Å². The van der Waals surface area contributed by atoms with Gasteiger partial charge in [0.25, 0.3) is 0 Å². The number of nitrogens with zero attached hydrogens (tertiary/aromatic N) is 1. The molecule has 13 heavy (non-hydrogen) atoms. The molecule has 3 heteroatoms. The minimum absolute atomic E-state index is 0.0286. The molecule has 2 atom stereocenters. The van der Waals surface area contributed by atoms with Crippen molar-refractivity contribution in [1.29, 1.82) is 5.26 Å². The van der Waals surface area contributed by atoms with Gasteiger partial charge in [0.15, 0.2) is 0 Å². The largest absolute Gasteiger partial charge is 0.249 e. The summed E-state index contributed by atoms with van der Waals surface area (Å²) in [7, 11) is 0. The Kier molecular flexibility index (Phi) is 4.90. The molecule has 0 amide bonds. The van der Waals surface area contributed by atoms with E-state index < -0.39 is 11.8 Å². The molecule has 0 aromatic rings. The van der Waals surface area contributed by atoms with Gasteiger partial charge in [-0.05, 0) is 12.8 Å². The van der Waals surface area contributed by atoms with Gasteiger partial charge in [-0.25, -0.2) is 8.78 Å². The smallest absolute Gasteiger partial charge is 0.207 e. The van der Waals surface area contributed by atoms with E-state index in [-0.39, 0.29) is 18.8 Å². The highest BCUT2D eigenvalue weighted by molar-refractivity contribution is 4.84. The second-order valence-corrected chi connectivity index (χ2v) is 3.81. The highest BCUT2D eigenvalue weighted by Crippen LogP contribution is 2.31. The minimum atomic E-state index is -2.68. The lowest BCUT2D eigenvalue weighted by Crippen LogP contribution is -2.22. The molecular weight excluding hydrogens is 172 g/mol. The van der Waals surface area contributed by atoms with Crippen LogP contribution in [0.2, 0.25) is 0 Å². The zero-order valence-corrected chi connectivity index (χ0v) is 8.48. The second-order valence-electron chi connectivity index (χ2n) is 3.81. The molecule has 76 valence electrons. The van der Waals surface area contributed by atoms with Crippen molar-refractivity contribution in [1.82, 2.24) is 0 Å². The van der Waals surface area contributed by atoms with Crippen LogP contribution in [-0.4, -0.2) is 5.92 Å². The van der Waals surface area contributed by atoms with Gasteiger partial charge in [0.2, 0.25) is 5.92 Å². The van der Waals surface area contributed by atoms with Crippen LogP contribution in [0, 0.1) is 23.2 Å². The van der Waals surface area contributed by atoms with Crippen molar-refractivity contribution in [3.05, 3.63) is 0 Å². The van der Waals surface area contributed by atoms with Gasteiger partial charge in [-0.1, -0.05) is 20.3 Å². The fraction of sp³-hybridized carbons (Fsp3) is 0.900. The summed E-state index contributed by atoms with van der Waals surface area (Å²) in [5.41, 5.74) is 0. The average molecular weight is 189 g/mol. The maximum Gasteiger partial charge on any atom is 0.249 e. The fourth-order valence-electron chi connectivity index (χ4n) is 1.23. The molecule has 0 heterocycles. The van der Waals surface area contributed by atoms with Crippen molar-refractivity contribution in [3.8, 4) is 6.07 Å². The van der Waals surface area contributed by atoms with Gasteiger partial charge in [0.05, 0.1) is 6.07 Å². The molecule has 0 aromatic carbocycles. The number of halogens is 2. The Hall–Kier alpha value is -0.650. The number of hydrogen-bond acceptors (Lipinski definition) is 1. The molecular formula is C10H17F2N. The van der Waals surface area contributed by atoms with Gasteiger partial charge in [0.1, 0.15) is 0 Å². The Morgan fingerprint density at radius 1 is 1.31 bits per heavy atom. The summed E-state index contributed by atoms with van der Waals surface area (Å²) in [5.74, 6) is -3.20. The van der Waals surface area contributed by atoms with Crippen LogP contribution in [0.5, 0.6) is 0 Å². The molecule has 0 aliphatic carbocycles. The summed E-state index contributed by atoms with van der Waals surface area (Å²) in [4.78, 5) is 0. The summed E-state index contributed by atoms with van der Waals surface area (Å²) in [6.45, 7) is 5.24. The van der Waals surface area contributed by atoms with Crippen LogP contribution in [-0.2, 0) is 0 Å². The topological polar surface area (TPSA) is 23.8 Å². The van der Waals surface area contributed by atoms with E-state index in [1.54, 1.807) is 0 Å². The Balaban J connectivity index is 4.01. The van der Waals surface area contributed by atoms with Gasteiger partial charge in [-0.15, -0.1) is 0 Å². The first kappa shape index (κ1) is 12.3. The van der Waals surface area contributed by atoms with Crippen molar-refractivity contribution < 1.29 is 8.78 Å². The lowest BCUT2D eigenvalue weighted by atomic mass is 9.94. The Morgan fingerprint density at radius 2 is 1.85 bits per heavy atom. The maximum atomic E-state index is 13.1. The van der Waals surface area contributed by atoms with Crippen LogP contribution < -0.4 is 0 Å². The van der Waals surface area contributed by atoms with Crippen LogP contribution in [0.3, 0.4) is 0 Å². The lowest BCUT2D eigenvalue weighted by molar-refractivity contribution is -0.0362. The van der Waals surface area contributed by atoms with Gasteiger partial charge in [0, 0.05) is 18.8 Å². The van der Waals surface area contributed by atoms with Crippen LogP contribution in [0.4, 0.5) is 8.78 Å². The Bertz CT molecular complexity index is 184. The third-order valence-corrected chi connectivity index (χ3v) is 2.17. The van der Waals surface area contributed by atoms with Crippen LogP contribution >= 0.6 is 0 Å². The number of nitriles is 1. The first-order valence-electron chi connectivity index (χ1n) is 4.68. The Labute approximate surface area is 78.7 Å². The second kappa shape index (κ2) is 5.16. The molecule has 0 radical (unpaired) electrons. The summed E-state index contributed by atoms with van der Waals surface area (Å²) in [5, 5.41) is 8.41. The van der Waals surface area contributed by atoms with Crippen molar-refractivity contribution in [2.45, 2.75) is 46.0 Å². The van der Waals surface area contributed by atoms with E-state index in [0.717, 1.165) is 6.42 Å². The molecule has 2 unspecified atom stereocenters. The molecule has 0 saturated heterocycles. The maximum absolute atomic E-state index is 13.1. The van der Waals surface area contributed by atoms with Gasteiger partial charge >= 0.3 is 0 Å². The van der Waals surface area contributed by atoms with Crippen LogP contribution in [0.1, 0.15) is 40.0 Å². The van der Waals surface area contributed by atoms with Gasteiger partial charge in [-0.2, -0.15) is 5.26 Å². The highest BCUT2D eigenvalue weighted by atomic mass is 19.3. The molecule has 0 rings (SSSR count). The number of rotatable bonds is 5. The number of alkyl halides is 2. The first-order valence-corrected chi connectivity index (χ1v) is 4.68. The minimum Gasteiger partial charge on any atom is -0.207 e. The van der Waals surface area contributed by atoms with Crippen molar-refractivity contribution in [3.63, 3.8) is 0 Å². The van der Waals surface area contributed by atoms with Crippen molar-refractivity contribution in [2.24, 2.45) is 11.8 Å². The first-order chi connectivity index (χ1) is 5.91. The van der Waals surface area contributed by atoms with E-state index >= 15 is 0 Å². The predicted octanol–water partition coefficient (Wildman–Crippen LogP) is 3.61. The quantitative estimate of drug-likeness (QED) is 0.648. The lowest BCUT2D eigenvalue weighted by Gasteiger charge is -2.20. The molecule has 0 aromatic heterocycles. The SMILES string of the molecule is CCC(C)CC(F)(F)CC(C)C#N. The number of hydrogen-bond donors (Lipinski definition) is 0. The van der Waals surface area contributed by atoms with Gasteiger partial charge < -0.3 is 0 Å². The third kappa shape index (κ3) is 5.57. The van der Waals surface area contributed by atoms with Gasteiger partial charge in [-0.3, -0.25) is 0 Å². The molecule has 0 bridgehead atoms. The van der Waals surface area contributed by atoms with Crippen molar-refractivity contribution in [2.75, 3.05) is 0 Å². The molecule has 0 aliphatic rings. The fourth-order valence-corrected chi connectivity index (χ4v) is 1.23. The summed E-state index contributed by atoms with van der Waals surface area (Å²) in [6, 6.07) is 1.83. The monoisotopic (exact) mass is 189 g/mol. The Morgan fingerprint density at radius 3 is 2.23 bits per heavy atom. The van der Waals surface area contributed by atoms with E-state index in [1.165, 1.54) is 6.92 Å². The molecule has 1 nitrogen and oxygen atoms in total. The molecule has 0 N–H and O–H groups in total. The molecule has 0 spiro atoms. The van der Waals surface area contributed by atoms with E-state index in [9.17, 15) is 8.78 Å². The van der Waals surface area contributed by atoms with Crippen LogP contribution in [0.15, 0.2) is 0 Å². The zero-order chi connectivity index (χ0) is 10.5. The molecule has 0 fully saturated rings. The normalized spacial score (nSPS) is 16.3. The van der Waals surface area contributed by atoms with Crippen LogP contribution in [0.25, 0.3) is 0 Å². The van der Waals surface area contributed by atoms with E-state index in [4.69, 9.17) is 5.26 Å². The zero-order valence-electron chi connectivity index (χ0n) is 8.48. The van der Waals surface area contributed by atoms with E-state index in [2.05, 4.69) is 0 Å². The predicted molar refractivity (Wildman–Crippen MR) is 48.4 cm³/mol. The molecule has 0 saturated carbocycles. The summed E-state index contributed by atoms with van der Waals surface area (Å²) < 4.78 is 26.3.